The Bertz CT molecular complexity index is 207. The first-order valence-electron chi connectivity index (χ1n) is 8.36. The molecule has 23 heavy (non-hydrogen) atoms. The number of nitrogens with two attached hydrogens (primary N) is 1. The molecule has 0 amide bonds. The first-order valence-corrected chi connectivity index (χ1v) is 10.9. The summed E-state index contributed by atoms with van der Waals surface area (Å²) in [6.45, 7) is 12.2. The minimum absolute atomic E-state index is 0.380. The molecule has 3 N–H and O–H groups in total. The van der Waals surface area contributed by atoms with Gasteiger partial charge in [0.2, 0.25) is 0 Å². The van der Waals surface area contributed by atoms with Crippen LogP contribution < -0.4 is 11.1 Å². The van der Waals surface area contributed by atoms with Gasteiger partial charge in [0.15, 0.2) is 0 Å². The van der Waals surface area contributed by atoms with E-state index in [2.05, 4.69) is 21.1 Å². The van der Waals surface area contributed by atoms with Crippen molar-refractivity contribution in [3.8, 4) is 0 Å². The van der Waals surface area contributed by atoms with Crippen molar-refractivity contribution in [2.45, 2.75) is 40.2 Å². The average Bonchev–Trinajstić information content (AvgIpc) is 3.05. The third-order valence-electron chi connectivity index (χ3n) is 2.99. The smallest absolute Gasteiger partial charge is 0.402 e. The Labute approximate surface area is 146 Å². The summed E-state index contributed by atoms with van der Waals surface area (Å²) in [5, 5.41) is 3.27. The van der Waals surface area contributed by atoms with Gasteiger partial charge in [0.1, 0.15) is 0 Å². The maximum absolute atomic E-state index is 5.66. The zero-order valence-electron chi connectivity index (χ0n) is 15.8. The van der Waals surface area contributed by atoms with Crippen LogP contribution in [0.5, 0.6) is 0 Å². The van der Waals surface area contributed by atoms with Gasteiger partial charge >= 0.3 is 19.5 Å². The van der Waals surface area contributed by atoms with Crippen LogP contribution >= 0.6 is 0 Å². The lowest BCUT2D eigenvalue weighted by Gasteiger charge is -2.12. The summed E-state index contributed by atoms with van der Waals surface area (Å²) in [7, 11) is 0.995. The summed E-state index contributed by atoms with van der Waals surface area (Å²) in [6.07, 6.45) is 1.26. The van der Waals surface area contributed by atoms with Crippen LogP contribution in [0, 0.1) is 5.92 Å². The number of hydrogen-bond donors (Lipinski definition) is 2. The molecule has 0 saturated carbocycles. The van der Waals surface area contributed by atoms with Crippen LogP contribution in [0.3, 0.4) is 0 Å². The van der Waals surface area contributed by atoms with Gasteiger partial charge in [-0.2, -0.15) is 0 Å². The maximum atomic E-state index is 5.66. The van der Waals surface area contributed by atoms with Crippen LogP contribution in [0.25, 0.3) is 0 Å². The Morgan fingerprint density at radius 3 is 1.74 bits per heavy atom. The highest BCUT2D eigenvalue weighted by Crippen LogP contribution is 2.09. The summed E-state index contributed by atoms with van der Waals surface area (Å²) >= 11 is 0. The number of rotatable bonds is 9. The molecule has 1 fully saturated rings. The van der Waals surface area contributed by atoms with E-state index >= 15 is 0 Å². The zero-order chi connectivity index (χ0) is 17.9. The van der Waals surface area contributed by atoms with Crippen molar-refractivity contribution in [1.82, 2.24) is 5.32 Å². The van der Waals surface area contributed by atoms with Crippen LogP contribution in [0.15, 0.2) is 0 Å². The molecule has 0 bridgehead atoms. The molecule has 9 heteroatoms. The Balaban J connectivity index is 0. The molecular formula is C14H38N2O5Si2. The van der Waals surface area contributed by atoms with E-state index in [4.69, 9.17) is 19.0 Å². The molecule has 142 valence electrons. The van der Waals surface area contributed by atoms with Crippen molar-refractivity contribution in [3.63, 3.8) is 0 Å². The van der Waals surface area contributed by atoms with Crippen LogP contribution in [0.4, 0.5) is 0 Å². The van der Waals surface area contributed by atoms with Crippen molar-refractivity contribution in [1.29, 1.82) is 0 Å². The standard InChI is InChI=1S/C6H14N2.C6H16O3Si.C2H8O2Si/c1-5(7)6-2-3-8-4-6;1-4-7-10(8-5-2)9-6-3;1-3-5-4-2/h5-6,8H,2-4,7H2,1H3;10H,4-6H2,1-3H3;5H2,1-2H3. The van der Waals surface area contributed by atoms with E-state index in [9.17, 15) is 0 Å². The number of hydrogen-bond acceptors (Lipinski definition) is 7. The zero-order valence-corrected chi connectivity index (χ0v) is 18.4. The molecule has 0 radical (unpaired) electrons. The highest BCUT2D eigenvalue weighted by atomic mass is 28.3. The molecule has 0 aromatic carbocycles. The van der Waals surface area contributed by atoms with Gasteiger partial charge in [-0.05, 0) is 53.1 Å². The van der Waals surface area contributed by atoms with E-state index in [0.717, 1.165) is 19.0 Å². The van der Waals surface area contributed by atoms with Crippen molar-refractivity contribution >= 4 is 19.5 Å². The van der Waals surface area contributed by atoms with E-state index in [1.807, 2.05) is 20.8 Å². The Hall–Kier alpha value is 0.154. The summed E-state index contributed by atoms with van der Waals surface area (Å²) in [5.74, 6) is 0.731. The Kier molecular flexibility index (Phi) is 22.3. The minimum atomic E-state index is -1.73. The van der Waals surface area contributed by atoms with Gasteiger partial charge in [-0.3, -0.25) is 0 Å². The lowest BCUT2D eigenvalue weighted by atomic mass is 10.0. The third kappa shape index (κ3) is 18.3. The van der Waals surface area contributed by atoms with Gasteiger partial charge in [-0.1, -0.05) is 0 Å². The molecule has 1 aliphatic heterocycles. The monoisotopic (exact) mass is 370 g/mol. The lowest BCUT2D eigenvalue weighted by Crippen LogP contribution is -2.27. The van der Waals surface area contributed by atoms with E-state index in [1.54, 1.807) is 14.2 Å². The first kappa shape index (κ1) is 25.4. The van der Waals surface area contributed by atoms with Crippen molar-refractivity contribution < 1.29 is 22.1 Å². The van der Waals surface area contributed by atoms with Crippen LogP contribution in [-0.2, 0) is 22.1 Å². The quantitative estimate of drug-likeness (QED) is 0.554. The normalized spacial score (nSPS) is 18.0. The summed E-state index contributed by atoms with van der Waals surface area (Å²) in [4.78, 5) is 0. The van der Waals surface area contributed by atoms with Crippen molar-refractivity contribution in [2.24, 2.45) is 11.7 Å². The van der Waals surface area contributed by atoms with Crippen molar-refractivity contribution in [2.75, 3.05) is 47.1 Å². The highest BCUT2D eigenvalue weighted by molar-refractivity contribution is 6.36. The minimum Gasteiger partial charge on any atom is -0.402 e. The van der Waals surface area contributed by atoms with Crippen LogP contribution in [-0.4, -0.2) is 72.7 Å². The molecule has 1 heterocycles. The molecule has 2 atom stereocenters. The summed E-state index contributed by atoms with van der Waals surface area (Å²) in [5.41, 5.74) is 5.66. The highest BCUT2D eigenvalue weighted by Gasteiger charge is 2.17. The third-order valence-corrected chi connectivity index (χ3v) is 5.27. The van der Waals surface area contributed by atoms with Crippen LogP contribution in [0.2, 0.25) is 0 Å². The Morgan fingerprint density at radius 2 is 1.57 bits per heavy atom. The second-order valence-corrected chi connectivity index (χ2v) is 7.93. The predicted octanol–water partition coefficient (Wildman–Crippen LogP) is 0.0342. The molecule has 0 aromatic rings. The van der Waals surface area contributed by atoms with E-state index < -0.39 is 19.5 Å². The molecule has 0 aromatic heterocycles. The van der Waals surface area contributed by atoms with E-state index in [1.165, 1.54) is 6.42 Å². The van der Waals surface area contributed by atoms with E-state index in [0.29, 0.717) is 25.9 Å². The fourth-order valence-corrected chi connectivity index (χ4v) is 3.14. The summed E-state index contributed by atoms with van der Waals surface area (Å²) in [6, 6.07) is 0.380. The molecule has 2 unspecified atom stereocenters. The van der Waals surface area contributed by atoms with Gasteiger partial charge < -0.3 is 33.2 Å². The van der Waals surface area contributed by atoms with E-state index in [-0.39, 0.29) is 0 Å². The molecular weight excluding hydrogens is 332 g/mol. The molecule has 0 aliphatic carbocycles. The molecule has 1 saturated heterocycles. The van der Waals surface area contributed by atoms with Crippen LogP contribution in [0.1, 0.15) is 34.1 Å². The van der Waals surface area contributed by atoms with Gasteiger partial charge in [0, 0.05) is 40.1 Å². The number of nitrogens with one attached hydrogen (secondary N) is 1. The summed E-state index contributed by atoms with van der Waals surface area (Å²) < 4.78 is 24.9. The van der Waals surface area contributed by atoms with Crippen molar-refractivity contribution in [3.05, 3.63) is 0 Å². The fraction of sp³-hybridized carbons (Fsp3) is 1.00. The van der Waals surface area contributed by atoms with Gasteiger partial charge in [-0.15, -0.1) is 0 Å². The fourth-order valence-electron chi connectivity index (χ4n) is 1.80. The Morgan fingerprint density at radius 1 is 1.09 bits per heavy atom. The van der Waals surface area contributed by atoms with Gasteiger partial charge in [0.25, 0.3) is 0 Å². The second-order valence-electron chi connectivity index (χ2n) is 4.96. The first-order chi connectivity index (χ1) is 11.1. The van der Waals surface area contributed by atoms with Gasteiger partial charge in [-0.25, -0.2) is 0 Å². The average molecular weight is 371 g/mol. The molecule has 1 rings (SSSR count). The molecule has 0 spiro atoms. The maximum Gasteiger partial charge on any atom is 0.484 e. The topological polar surface area (TPSA) is 84.2 Å². The predicted molar refractivity (Wildman–Crippen MR) is 99.2 cm³/mol. The SMILES string of the molecule is CC(N)C1CCNC1.CCO[SiH](OCC)OCC.CO[SiH2]OC. The lowest BCUT2D eigenvalue weighted by molar-refractivity contribution is 0.107. The molecule has 7 nitrogen and oxygen atoms in total. The second kappa shape index (κ2) is 20.2. The van der Waals surface area contributed by atoms with Gasteiger partial charge in [0.05, 0.1) is 0 Å². The largest absolute Gasteiger partial charge is 0.484 e. The molecule has 1 aliphatic rings.